The smallest absolute Gasteiger partial charge is 0.251 e. The van der Waals surface area contributed by atoms with Gasteiger partial charge in [-0.15, -0.1) is 0 Å². The number of amides is 1. The van der Waals surface area contributed by atoms with Crippen LogP contribution in [0.1, 0.15) is 30.1 Å². The highest BCUT2D eigenvalue weighted by Gasteiger charge is 2.28. The minimum Gasteiger partial charge on any atom is -0.341 e. The Hall–Kier alpha value is -2.08. The molecular weight excluding hydrogens is 310 g/mol. The second-order valence-electron chi connectivity index (χ2n) is 5.53. The zero-order valence-corrected chi connectivity index (χ0v) is 13.6. The number of aromatic nitrogens is 2. The molecule has 1 fully saturated rings. The number of nitrogens with one attached hydrogen (secondary N) is 1. The summed E-state index contributed by atoms with van der Waals surface area (Å²) in [5.74, 6) is 0.0902. The lowest BCUT2D eigenvalue weighted by molar-refractivity contribution is -0.131. The van der Waals surface area contributed by atoms with Crippen LogP contribution in [0, 0.1) is 0 Å². The fourth-order valence-electron chi connectivity index (χ4n) is 2.69. The molecule has 0 spiro atoms. The predicted molar refractivity (Wildman–Crippen MR) is 90.3 cm³/mol. The van der Waals surface area contributed by atoms with E-state index in [4.69, 9.17) is 0 Å². The van der Waals surface area contributed by atoms with E-state index in [-0.39, 0.29) is 16.7 Å². The van der Waals surface area contributed by atoms with Gasteiger partial charge in [0.05, 0.1) is 0 Å². The van der Waals surface area contributed by atoms with Gasteiger partial charge in [0.2, 0.25) is 5.91 Å². The largest absolute Gasteiger partial charge is 0.341 e. The van der Waals surface area contributed by atoms with Gasteiger partial charge >= 0.3 is 0 Å². The number of carbonyl (C=O) groups is 1. The Bertz CT molecular complexity index is 711. The summed E-state index contributed by atoms with van der Waals surface area (Å²) < 4.78 is 0. The third-order valence-electron chi connectivity index (χ3n) is 3.87. The minimum absolute atomic E-state index is 0.0902. The molecule has 1 aliphatic heterocycles. The molecule has 0 radical (unpaired) electrons. The quantitative estimate of drug-likeness (QED) is 0.692. The number of thioether (sulfide) groups is 1. The van der Waals surface area contributed by atoms with Crippen molar-refractivity contribution in [2.75, 3.05) is 13.1 Å². The molecule has 1 N–H and O–H groups in total. The Labute approximate surface area is 139 Å². The Morgan fingerprint density at radius 3 is 2.57 bits per heavy atom. The summed E-state index contributed by atoms with van der Waals surface area (Å²) in [6, 6.07) is 11.0. The Kier molecular flexibility index (Phi) is 5.12. The molecular formula is C17H19N3O2S. The summed E-state index contributed by atoms with van der Waals surface area (Å²) >= 11 is 1.30. The Morgan fingerprint density at radius 1 is 1.13 bits per heavy atom. The van der Waals surface area contributed by atoms with Crippen molar-refractivity contribution in [3.63, 3.8) is 0 Å². The first-order valence-electron chi connectivity index (χ1n) is 7.80. The highest BCUT2D eigenvalue weighted by atomic mass is 32.2. The van der Waals surface area contributed by atoms with Crippen molar-refractivity contribution >= 4 is 17.7 Å². The molecule has 1 saturated heterocycles. The zero-order chi connectivity index (χ0) is 16.1. The van der Waals surface area contributed by atoms with Crippen LogP contribution in [0.5, 0.6) is 0 Å². The van der Waals surface area contributed by atoms with Crippen molar-refractivity contribution < 1.29 is 4.79 Å². The molecule has 0 saturated carbocycles. The summed E-state index contributed by atoms with van der Waals surface area (Å²) in [5.41, 5.74) is 0.722. The molecule has 1 atom stereocenters. The van der Waals surface area contributed by atoms with Crippen molar-refractivity contribution in [2.24, 2.45) is 0 Å². The topological polar surface area (TPSA) is 66.1 Å². The number of hydrogen-bond acceptors (Lipinski definition) is 4. The maximum Gasteiger partial charge on any atom is 0.251 e. The van der Waals surface area contributed by atoms with Crippen LogP contribution in [-0.4, -0.2) is 33.9 Å². The van der Waals surface area contributed by atoms with Gasteiger partial charge in [-0.3, -0.25) is 9.59 Å². The van der Waals surface area contributed by atoms with Crippen LogP contribution >= 0.6 is 11.8 Å². The van der Waals surface area contributed by atoms with Crippen LogP contribution < -0.4 is 5.56 Å². The normalized spacial score (nSPS) is 16.1. The third kappa shape index (κ3) is 4.01. The lowest BCUT2D eigenvalue weighted by Gasteiger charge is -2.30. The Morgan fingerprint density at radius 2 is 1.87 bits per heavy atom. The molecule has 5 nitrogen and oxygen atoms in total. The molecule has 1 aliphatic rings. The SMILES string of the molecule is O=C([C@@H](Sc1nccc(=O)[nH]1)c1ccccc1)N1CCCCC1. The summed E-state index contributed by atoms with van der Waals surface area (Å²) in [6.45, 7) is 1.61. The van der Waals surface area contributed by atoms with Gasteiger partial charge in [-0.05, 0) is 24.8 Å². The lowest BCUT2D eigenvalue weighted by atomic mass is 10.1. The average Bonchev–Trinajstić information content (AvgIpc) is 2.61. The van der Waals surface area contributed by atoms with E-state index in [2.05, 4.69) is 9.97 Å². The maximum absolute atomic E-state index is 13.0. The number of benzene rings is 1. The molecule has 0 bridgehead atoms. The van der Waals surface area contributed by atoms with Gasteiger partial charge in [-0.2, -0.15) is 0 Å². The van der Waals surface area contributed by atoms with Gasteiger partial charge in [-0.25, -0.2) is 4.98 Å². The number of rotatable bonds is 4. The Balaban J connectivity index is 1.87. The number of nitrogens with zero attached hydrogens (tertiary/aromatic N) is 2. The summed E-state index contributed by atoms with van der Waals surface area (Å²) in [4.78, 5) is 33.2. The number of H-pyrrole nitrogens is 1. The average molecular weight is 329 g/mol. The molecule has 1 aromatic carbocycles. The number of carbonyl (C=O) groups excluding carboxylic acids is 1. The number of likely N-dealkylation sites (tertiary alicyclic amines) is 1. The summed E-state index contributed by atoms with van der Waals surface area (Å²) in [5, 5.41) is 0.0802. The van der Waals surface area contributed by atoms with E-state index in [0.717, 1.165) is 31.5 Å². The van der Waals surface area contributed by atoms with Gasteiger partial charge in [0.15, 0.2) is 5.16 Å². The molecule has 1 aromatic heterocycles. The first kappa shape index (κ1) is 15.8. The van der Waals surface area contributed by atoms with Gasteiger partial charge in [0, 0.05) is 25.4 Å². The van der Waals surface area contributed by atoms with Crippen LogP contribution in [0.3, 0.4) is 0 Å². The maximum atomic E-state index is 13.0. The molecule has 23 heavy (non-hydrogen) atoms. The van der Waals surface area contributed by atoms with Crippen LogP contribution in [0.25, 0.3) is 0 Å². The highest BCUT2D eigenvalue weighted by Crippen LogP contribution is 2.35. The molecule has 120 valence electrons. The van der Waals surface area contributed by atoms with Gasteiger partial charge in [0.25, 0.3) is 5.56 Å². The zero-order valence-electron chi connectivity index (χ0n) is 12.8. The van der Waals surface area contributed by atoms with Crippen molar-refractivity contribution in [3.8, 4) is 0 Å². The molecule has 2 heterocycles. The van der Waals surface area contributed by atoms with Crippen molar-refractivity contribution in [1.82, 2.24) is 14.9 Å². The van der Waals surface area contributed by atoms with Crippen LogP contribution in [-0.2, 0) is 4.79 Å². The van der Waals surface area contributed by atoms with E-state index in [1.807, 2.05) is 35.2 Å². The molecule has 3 rings (SSSR count). The fraction of sp³-hybridized carbons (Fsp3) is 0.353. The van der Waals surface area contributed by atoms with E-state index in [0.29, 0.717) is 5.16 Å². The second-order valence-corrected chi connectivity index (χ2v) is 6.63. The number of hydrogen-bond donors (Lipinski definition) is 1. The van der Waals surface area contributed by atoms with Crippen molar-refractivity contribution in [1.29, 1.82) is 0 Å². The molecule has 0 unspecified atom stereocenters. The van der Waals surface area contributed by atoms with Gasteiger partial charge in [0.1, 0.15) is 5.25 Å². The van der Waals surface area contributed by atoms with Gasteiger partial charge in [-0.1, -0.05) is 42.1 Å². The third-order valence-corrected chi connectivity index (χ3v) is 5.01. The summed E-state index contributed by atoms with van der Waals surface area (Å²) in [7, 11) is 0. The monoisotopic (exact) mass is 329 g/mol. The van der Waals surface area contributed by atoms with Crippen molar-refractivity contribution in [3.05, 3.63) is 58.5 Å². The van der Waals surface area contributed by atoms with Gasteiger partial charge < -0.3 is 9.88 Å². The fourth-order valence-corrected chi connectivity index (χ4v) is 3.74. The van der Waals surface area contributed by atoms with E-state index < -0.39 is 0 Å². The number of piperidine rings is 1. The first-order valence-corrected chi connectivity index (χ1v) is 8.68. The molecule has 0 aliphatic carbocycles. The standard InChI is InChI=1S/C17H19N3O2S/c21-14-9-10-18-17(19-14)23-15(13-7-3-1-4-8-13)16(22)20-11-5-2-6-12-20/h1,3-4,7-10,15H,2,5-6,11-12H2,(H,18,19,21)/t15-/m0/s1. The minimum atomic E-state index is -0.389. The molecule has 1 amide bonds. The summed E-state index contributed by atoms with van der Waals surface area (Å²) in [6.07, 6.45) is 4.76. The van der Waals surface area contributed by atoms with E-state index in [9.17, 15) is 9.59 Å². The van der Waals surface area contributed by atoms with Crippen LogP contribution in [0.4, 0.5) is 0 Å². The van der Waals surface area contributed by atoms with E-state index in [1.54, 1.807) is 0 Å². The highest BCUT2D eigenvalue weighted by molar-refractivity contribution is 8.00. The van der Waals surface area contributed by atoms with E-state index in [1.165, 1.54) is 30.4 Å². The van der Waals surface area contributed by atoms with Crippen LogP contribution in [0.2, 0.25) is 0 Å². The van der Waals surface area contributed by atoms with Crippen molar-refractivity contribution in [2.45, 2.75) is 29.7 Å². The lowest BCUT2D eigenvalue weighted by Crippen LogP contribution is -2.38. The van der Waals surface area contributed by atoms with Crippen LogP contribution in [0.15, 0.2) is 52.5 Å². The predicted octanol–water partition coefficient (Wildman–Crippen LogP) is 2.62. The molecule has 2 aromatic rings. The molecule has 6 heteroatoms. The first-order chi connectivity index (χ1) is 11.2. The second kappa shape index (κ2) is 7.46. The van der Waals surface area contributed by atoms with E-state index >= 15 is 0 Å². The number of aromatic amines is 1.